The van der Waals surface area contributed by atoms with E-state index in [1.54, 1.807) is 5.38 Å². The zero-order chi connectivity index (χ0) is 22.7. The fourth-order valence-corrected chi connectivity index (χ4v) is 4.90. The Morgan fingerprint density at radius 2 is 2.00 bits per heavy atom. The molecule has 2 N–H and O–H groups in total. The number of carbonyl (C=O) groups is 2. The van der Waals surface area contributed by atoms with Crippen LogP contribution in [0, 0.1) is 5.82 Å². The third kappa shape index (κ3) is 4.86. The molecule has 0 radical (unpaired) electrons. The van der Waals surface area contributed by atoms with Gasteiger partial charge in [-0.3, -0.25) is 14.8 Å². The smallest absolute Gasteiger partial charge is 0.412 e. The van der Waals surface area contributed by atoms with Crippen molar-refractivity contribution in [2.45, 2.75) is 17.4 Å². The van der Waals surface area contributed by atoms with Crippen LogP contribution in [0.2, 0.25) is 0 Å². The number of aromatic nitrogens is 1. The Bertz CT molecular complexity index is 1230. The van der Waals surface area contributed by atoms with E-state index in [2.05, 4.69) is 15.0 Å². The lowest BCUT2D eigenvalue weighted by atomic mass is 10.3. The maximum atomic E-state index is 13.2. The van der Waals surface area contributed by atoms with Gasteiger partial charge in [-0.2, -0.15) is 0 Å². The van der Waals surface area contributed by atoms with Crippen molar-refractivity contribution in [3.8, 4) is 0 Å². The van der Waals surface area contributed by atoms with Gasteiger partial charge in [0, 0.05) is 35.9 Å². The molecule has 1 aromatic heterocycles. The molecule has 1 aliphatic rings. The van der Waals surface area contributed by atoms with E-state index < -0.39 is 33.9 Å². The van der Waals surface area contributed by atoms with Gasteiger partial charge < -0.3 is 9.64 Å². The number of rotatable bonds is 6. The standard InChI is InChI=1S/C20H17FN4O5S2/c21-13-2-1-3-14(12-13)23-20(27)30-17-8-10-25(18(17)26)15-4-6-16(7-5-15)32(28,29)24-19-22-9-11-31-19/h1-7,9,11-12,17H,8,10H2,(H,22,24)(H,23,27)/t17-/m0/s1. The second-order valence-corrected chi connectivity index (χ2v) is 9.32. The first-order valence-corrected chi connectivity index (χ1v) is 11.7. The fraction of sp³-hybridized carbons (Fsp3) is 0.150. The number of nitrogens with one attached hydrogen (secondary N) is 2. The van der Waals surface area contributed by atoms with Gasteiger partial charge in [0.15, 0.2) is 11.2 Å². The summed E-state index contributed by atoms with van der Waals surface area (Å²) >= 11 is 1.15. The molecule has 0 spiro atoms. The summed E-state index contributed by atoms with van der Waals surface area (Å²) in [6.45, 7) is 0.292. The number of thiazole rings is 1. The zero-order valence-electron chi connectivity index (χ0n) is 16.4. The van der Waals surface area contributed by atoms with Gasteiger partial charge in [0.2, 0.25) is 0 Å². The number of hydrogen-bond donors (Lipinski definition) is 2. The Morgan fingerprint density at radius 1 is 1.22 bits per heavy atom. The molecule has 1 aliphatic heterocycles. The van der Waals surface area contributed by atoms with E-state index in [4.69, 9.17) is 4.74 Å². The van der Waals surface area contributed by atoms with Gasteiger partial charge in [0.1, 0.15) is 5.82 Å². The average molecular weight is 477 g/mol. The highest BCUT2D eigenvalue weighted by atomic mass is 32.2. The number of nitrogens with zero attached hydrogens (tertiary/aromatic N) is 2. The molecule has 32 heavy (non-hydrogen) atoms. The highest BCUT2D eigenvalue weighted by Crippen LogP contribution is 2.26. The number of sulfonamides is 1. The first-order valence-electron chi connectivity index (χ1n) is 9.39. The maximum absolute atomic E-state index is 13.2. The molecular weight excluding hydrogens is 459 g/mol. The van der Waals surface area contributed by atoms with Crippen LogP contribution in [0.1, 0.15) is 6.42 Å². The molecule has 12 heteroatoms. The summed E-state index contributed by atoms with van der Waals surface area (Å²) in [5.41, 5.74) is 0.681. The van der Waals surface area contributed by atoms with E-state index in [0.717, 1.165) is 17.4 Å². The molecule has 4 rings (SSSR count). The normalized spacial score (nSPS) is 16.1. The van der Waals surface area contributed by atoms with Crippen molar-refractivity contribution in [1.82, 2.24) is 4.98 Å². The van der Waals surface area contributed by atoms with Crippen LogP contribution in [0.15, 0.2) is 65.0 Å². The van der Waals surface area contributed by atoms with Crippen LogP contribution >= 0.6 is 11.3 Å². The Balaban J connectivity index is 1.38. The van der Waals surface area contributed by atoms with Crippen molar-refractivity contribution in [1.29, 1.82) is 0 Å². The molecule has 1 fully saturated rings. The highest BCUT2D eigenvalue weighted by Gasteiger charge is 2.35. The van der Waals surface area contributed by atoms with E-state index >= 15 is 0 Å². The van der Waals surface area contributed by atoms with E-state index in [1.165, 1.54) is 53.6 Å². The highest BCUT2D eigenvalue weighted by molar-refractivity contribution is 7.93. The Labute approximate surface area is 186 Å². The lowest BCUT2D eigenvalue weighted by molar-refractivity contribution is -0.124. The second kappa shape index (κ2) is 8.93. The van der Waals surface area contributed by atoms with Crippen LogP contribution < -0.4 is 14.9 Å². The van der Waals surface area contributed by atoms with Crippen LogP contribution in [-0.2, 0) is 19.6 Å². The van der Waals surface area contributed by atoms with Crippen LogP contribution in [0.25, 0.3) is 0 Å². The summed E-state index contributed by atoms with van der Waals surface area (Å²) in [6.07, 6.45) is -0.119. The number of hydrogen-bond acceptors (Lipinski definition) is 7. The zero-order valence-corrected chi connectivity index (χ0v) is 18.0. The van der Waals surface area contributed by atoms with Gasteiger partial charge in [0.25, 0.3) is 15.9 Å². The minimum Gasteiger partial charge on any atom is -0.436 e. The molecule has 2 amide bonds. The minimum atomic E-state index is -3.81. The number of amides is 2. The molecule has 0 unspecified atom stereocenters. The summed E-state index contributed by atoms with van der Waals surface area (Å²) in [5, 5.41) is 4.28. The largest absolute Gasteiger partial charge is 0.436 e. The predicted octanol–water partition coefficient (Wildman–Crippen LogP) is 3.44. The molecule has 0 aliphatic carbocycles. The monoisotopic (exact) mass is 476 g/mol. The van der Waals surface area contributed by atoms with Crippen LogP contribution in [0.4, 0.5) is 25.7 Å². The molecule has 2 aromatic carbocycles. The molecule has 9 nitrogen and oxygen atoms in total. The molecule has 0 bridgehead atoms. The molecule has 3 aromatic rings. The van der Waals surface area contributed by atoms with Crippen LogP contribution in [0.3, 0.4) is 0 Å². The van der Waals surface area contributed by atoms with Gasteiger partial charge in [-0.1, -0.05) is 6.07 Å². The van der Waals surface area contributed by atoms with Gasteiger partial charge in [-0.25, -0.2) is 22.6 Å². The van der Waals surface area contributed by atoms with E-state index in [1.807, 2.05) is 0 Å². The fourth-order valence-electron chi connectivity index (χ4n) is 3.12. The molecule has 1 saturated heterocycles. The lowest BCUT2D eigenvalue weighted by Crippen LogP contribution is -2.33. The summed E-state index contributed by atoms with van der Waals surface area (Å²) in [6, 6.07) is 11.1. The number of benzene rings is 2. The van der Waals surface area contributed by atoms with Crippen molar-refractivity contribution >= 4 is 49.9 Å². The average Bonchev–Trinajstić information content (AvgIpc) is 3.38. The first kappa shape index (κ1) is 21.7. The van der Waals surface area contributed by atoms with Crippen molar-refractivity contribution in [3.05, 3.63) is 65.9 Å². The van der Waals surface area contributed by atoms with Crippen molar-refractivity contribution in [2.24, 2.45) is 0 Å². The molecular formula is C20H17FN4O5S2. The summed E-state index contributed by atoms with van der Waals surface area (Å²) in [4.78, 5) is 30.0. The lowest BCUT2D eigenvalue weighted by Gasteiger charge is -2.17. The molecule has 166 valence electrons. The molecule has 2 heterocycles. The molecule has 0 saturated carbocycles. The van der Waals surface area contributed by atoms with Crippen molar-refractivity contribution in [2.75, 3.05) is 21.5 Å². The minimum absolute atomic E-state index is 0.0189. The topological polar surface area (TPSA) is 118 Å². The SMILES string of the molecule is O=C(Nc1cccc(F)c1)O[C@H]1CCN(c2ccc(S(=O)(=O)Nc3nccs3)cc2)C1=O. The quantitative estimate of drug-likeness (QED) is 0.563. The van der Waals surface area contributed by atoms with E-state index in [9.17, 15) is 22.4 Å². The Kier molecular flexibility index (Phi) is 6.06. The van der Waals surface area contributed by atoms with E-state index in [-0.39, 0.29) is 22.1 Å². The first-order chi connectivity index (χ1) is 15.3. The van der Waals surface area contributed by atoms with Gasteiger partial charge >= 0.3 is 6.09 Å². The van der Waals surface area contributed by atoms with Crippen LogP contribution in [0.5, 0.6) is 0 Å². The number of ether oxygens (including phenoxy) is 1. The summed E-state index contributed by atoms with van der Waals surface area (Å²) < 4.78 is 45.6. The van der Waals surface area contributed by atoms with Gasteiger partial charge in [-0.15, -0.1) is 11.3 Å². The number of anilines is 3. The maximum Gasteiger partial charge on any atom is 0.412 e. The van der Waals surface area contributed by atoms with Crippen molar-refractivity contribution < 1.29 is 27.1 Å². The summed E-state index contributed by atoms with van der Waals surface area (Å²) in [5.74, 6) is -0.950. The van der Waals surface area contributed by atoms with Crippen molar-refractivity contribution in [3.63, 3.8) is 0 Å². The predicted molar refractivity (Wildman–Crippen MR) is 117 cm³/mol. The number of carbonyl (C=O) groups excluding carboxylic acids is 2. The number of halogens is 1. The summed E-state index contributed by atoms with van der Waals surface area (Å²) in [7, 11) is -3.81. The Morgan fingerprint density at radius 3 is 2.69 bits per heavy atom. The van der Waals surface area contributed by atoms with Gasteiger partial charge in [0.05, 0.1) is 4.90 Å². The molecule has 1 atom stereocenters. The second-order valence-electron chi connectivity index (χ2n) is 6.74. The third-order valence-electron chi connectivity index (χ3n) is 4.59. The Hall–Kier alpha value is -3.51. The van der Waals surface area contributed by atoms with Crippen LogP contribution in [-0.4, -0.2) is 38.1 Å². The van der Waals surface area contributed by atoms with Gasteiger partial charge in [-0.05, 0) is 42.5 Å². The van der Waals surface area contributed by atoms with E-state index in [0.29, 0.717) is 12.2 Å². The third-order valence-corrected chi connectivity index (χ3v) is 6.76.